The maximum Gasteiger partial charge on any atom is 0.0689 e. The fraction of sp³-hybridized carbons (Fsp3) is 0.952. The molecule has 2 saturated carbocycles. The Kier molecular flexibility index (Phi) is 7.26. The summed E-state index contributed by atoms with van der Waals surface area (Å²) in [5, 5.41) is 9.70. The maximum absolute atomic E-state index is 9.70. The van der Waals surface area contributed by atoms with Crippen molar-refractivity contribution in [3.63, 3.8) is 0 Å². The van der Waals surface area contributed by atoms with E-state index in [4.69, 9.17) is 0 Å². The van der Waals surface area contributed by atoms with Crippen molar-refractivity contribution < 1.29 is 0 Å². The first-order chi connectivity index (χ1) is 10.7. The number of hydrogen-bond donors (Lipinski definition) is 0. The summed E-state index contributed by atoms with van der Waals surface area (Å²) in [5.41, 5.74) is 0.0373. The molecule has 0 aromatic rings. The van der Waals surface area contributed by atoms with Gasteiger partial charge in [-0.05, 0) is 49.9 Å². The Balaban J connectivity index is 1.80. The van der Waals surface area contributed by atoms with Crippen LogP contribution in [-0.2, 0) is 0 Å². The molecule has 2 fully saturated rings. The molecule has 0 bridgehead atoms. The Morgan fingerprint density at radius 3 is 2.36 bits per heavy atom. The van der Waals surface area contributed by atoms with E-state index in [1.54, 1.807) is 0 Å². The lowest BCUT2D eigenvalue weighted by atomic mass is 9.62. The number of rotatable bonds is 7. The predicted octanol–water partition coefficient (Wildman–Crippen LogP) is 6.87. The van der Waals surface area contributed by atoms with E-state index < -0.39 is 0 Å². The molecule has 126 valence electrons. The van der Waals surface area contributed by atoms with Crippen LogP contribution in [0.1, 0.15) is 104 Å². The van der Waals surface area contributed by atoms with Gasteiger partial charge < -0.3 is 0 Å². The third-order valence-corrected chi connectivity index (χ3v) is 6.62. The van der Waals surface area contributed by atoms with Crippen LogP contribution in [0.5, 0.6) is 0 Å². The smallest absolute Gasteiger partial charge is 0.0689 e. The van der Waals surface area contributed by atoms with Gasteiger partial charge in [-0.1, -0.05) is 71.6 Å². The van der Waals surface area contributed by atoms with Crippen molar-refractivity contribution in [2.45, 2.75) is 104 Å². The Labute approximate surface area is 138 Å². The average Bonchev–Trinajstić information content (AvgIpc) is 2.56. The van der Waals surface area contributed by atoms with E-state index in [9.17, 15) is 5.26 Å². The largest absolute Gasteiger partial charge is 0.198 e. The van der Waals surface area contributed by atoms with Crippen LogP contribution in [0.3, 0.4) is 0 Å². The lowest BCUT2D eigenvalue weighted by molar-refractivity contribution is 0.103. The first kappa shape index (κ1) is 17.8. The summed E-state index contributed by atoms with van der Waals surface area (Å²) in [4.78, 5) is 0. The lowest BCUT2D eigenvalue weighted by Gasteiger charge is -2.41. The van der Waals surface area contributed by atoms with E-state index in [1.165, 1.54) is 83.5 Å². The van der Waals surface area contributed by atoms with Crippen LogP contribution in [0.4, 0.5) is 0 Å². The normalized spacial score (nSPS) is 36.0. The first-order valence-electron chi connectivity index (χ1n) is 10.1. The van der Waals surface area contributed by atoms with Crippen molar-refractivity contribution in [3.05, 3.63) is 0 Å². The Morgan fingerprint density at radius 1 is 0.955 bits per heavy atom. The fourth-order valence-corrected chi connectivity index (χ4v) is 5.31. The standard InChI is InChI=1S/C21H37N/c1-3-5-6-8-18-10-12-19(13-11-18)20-9-7-15-21(16-20,17-22)14-4-2/h18-20H,3-16H2,1-2H3. The van der Waals surface area contributed by atoms with E-state index in [1.807, 2.05) is 0 Å². The van der Waals surface area contributed by atoms with Crippen molar-refractivity contribution in [3.8, 4) is 6.07 Å². The molecule has 0 N–H and O–H groups in total. The molecule has 2 aliphatic rings. The summed E-state index contributed by atoms with van der Waals surface area (Å²) in [6.07, 6.45) is 18.9. The molecular weight excluding hydrogens is 266 g/mol. The minimum absolute atomic E-state index is 0.0373. The van der Waals surface area contributed by atoms with Crippen molar-refractivity contribution in [2.24, 2.45) is 23.2 Å². The molecule has 0 amide bonds. The van der Waals surface area contributed by atoms with Crippen LogP contribution in [-0.4, -0.2) is 0 Å². The van der Waals surface area contributed by atoms with Gasteiger partial charge in [0.25, 0.3) is 0 Å². The third-order valence-electron chi connectivity index (χ3n) is 6.62. The SMILES string of the molecule is CCCCCC1CCC(C2CCCC(C#N)(CCC)C2)CC1. The first-order valence-corrected chi connectivity index (χ1v) is 10.1. The number of nitriles is 1. The summed E-state index contributed by atoms with van der Waals surface area (Å²) in [6.45, 7) is 4.54. The minimum atomic E-state index is 0.0373. The number of unbranched alkanes of at least 4 members (excludes halogenated alkanes) is 2. The van der Waals surface area contributed by atoms with Crippen molar-refractivity contribution in [1.82, 2.24) is 0 Å². The second-order valence-electron chi connectivity index (χ2n) is 8.28. The summed E-state index contributed by atoms with van der Waals surface area (Å²) >= 11 is 0. The average molecular weight is 304 g/mol. The molecule has 0 heterocycles. The van der Waals surface area contributed by atoms with Crippen molar-refractivity contribution in [1.29, 1.82) is 5.26 Å². The van der Waals surface area contributed by atoms with Gasteiger partial charge in [0, 0.05) is 0 Å². The van der Waals surface area contributed by atoms with E-state index in [2.05, 4.69) is 19.9 Å². The zero-order chi connectivity index (χ0) is 15.8. The highest BCUT2D eigenvalue weighted by Gasteiger charge is 2.39. The monoisotopic (exact) mass is 303 g/mol. The van der Waals surface area contributed by atoms with Crippen molar-refractivity contribution in [2.75, 3.05) is 0 Å². The molecule has 0 aromatic heterocycles. The molecular formula is C21H37N. The molecule has 22 heavy (non-hydrogen) atoms. The molecule has 0 radical (unpaired) electrons. The summed E-state index contributed by atoms with van der Waals surface area (Å²) < 4.78 is 0. The summed E-state index contributed by atoms with van der Waals surface area (Å²) in [6, 6.07) is 2.73. The minimum Gasteiger partial charge on any atom is -0.198 e. The predicted molar refractivity (Wildman–Crippen MR) is 94.5 cm³/mol. The van der Waals surface area contributed by atoms with Gasteiger partial charge in [-0.2, -0.15) is 5.26 Å². The van der Waals surface area contributed by atoms with Crippen LogP contribution >= 0.6 is 0 Å². The molecule has 2 unspecified atom stereocenters. The molecule has 2 rings (SSSR count). The van der Waals surface area contributed by atoms with Gasteiger partial charge in [0.15, 0.2) is 0 Å². The third kappa shape index (κ3) is 4.74. The van der Waals surface area contributed by atoms with Gasteiger partial charge in [0.2, 0.25) is 0 Å². The van der Waals surface area contributed by atoms with Gasteiger partial charge in [-0.25, -0.2) is 0 Å². The van der Waals surface area contributed by atoms with E-state index in [0.717, 1.165) is 24.2 Å². The van der Waals surface area contributed by atoms with Crippen molar-refractivity contribution >= 4 is 0 Å². The number of nitrogens with zero attached hydrogens (tertiary/aromatic N) is 1. The zero-order valence-corrected chi connectivity index (χ0v) is 15.1. The maximum atomic E-state index is 9.70. The summed E-state index contributed by atoms with van der Waals surface area (Å²) in [5.74, 6) is 2.81. The topological polar surface area (TPSA) is 23.8 Å². The molecule has 2 atom stereocenters. The van der Waals surface area contributed by atoms with Crippen LogP contribution in [0, 0.1) is 34.5 Å². The second-order valence-corrected chi connectivity index (χ2v) is 8.28. The molecule has 0 aliphatic heterocycles. The molecule has 0 spiro atoms. The van der Waals surface area contributed by atoms with Gasteiger partial charge in [0.05, 0.1) is 11.5 Å². The second kappa shape index (κ2) is 8.95. The van der Waals surface area contributed by atoms with Gasteiger partial charge in [0.1, 0.15) is 0 Å². The molecule has 0 aromatic carbocycles. The highest BCUT2D eigenvalue weighted by Crippen LogP contribution is 2.48. The van der Waals surface area contributed by atoms with Crippen LogP contribution in [0.2, 0.25) is 0 Å². The van der Waals surface area contributed by atoms with Crippen LogP contribution in [0.15, 0.2) is 0 Å². The number of hydrogen-bond acceptors (Lipinski definition) is 1. The molecule has 0 saturated heterocycles. The highest BCUT2D eigenvalue weighted by atomic mass is 14.5. The lowest BCUT2D eigenvalue weighted by Crippen LogP contribution is -2.32. The Hall–Kier alpha value is -0.510. The molecule has 1 heteroatoms. The van der Waals surface area contributed by atoms with E-state index in [-0.39, 0.29) is 5.41 Å². The summed E-state index contributed by atoms with van der Waals surface area (Å²) in [7, 11) is 0. The molecule has 1 nitrogen and oxygen atoms in total. The zero-order valence-electron chi connectivity index (χ0n) is 15.1. The van der Waals surface area contributed by atoms with Crippen LogP contribution < -0.4 is 0 Å². The quantitative estimate of drug-likeness (QED) is 0.470. The Morgan fingerprint density at radius 2 is 1.73 bits per heavy atom. The van der Waals surface area contributed by atoms with Gasteiger partial charge in [-0.3, -0.25) is 0 Å². The molecule has 2 aliphatic carbocycles. The fourth-order valence-electron chi connectivity index (χ4n) is 5.31. The van der Waals surface area contributed by atoms with E-state index >= 15 is 0 Å². The van der Waals surface area contributed by atoms with Gasteiger partial charge in [-0.15, -0.1) is 0 Å². The van der Waals surface area contributed by atoms with Gasteiger partial charge >= 0.3 is 0 Å². The van der Waals surface area contributed by atoms with E-state index in [0.29, 0.717) is 0 Å². The van der Waals surface area contributed by atoms with Crippen LogP contribution in [0.25, 0.3) is 0 Å². The Bertz CT molecular complexity index is 343. The highest BCUT2D eigenvalue weighted by molar-refractivity contribution is 5.02.